The Bertz CT molecular complexity index is 342. The molecule has 0 aromatic carbocycles. The Morgan fingerprint density at radius 2 is 1.80 bits per heavy atom. The van der Waals surface area contributed by atoms with Crippen LogP contribution in [0.5, 0.6) is 0 Å². The molecular formula is C15H27NO4. The number of hydrogen-bond acceptors (Lipinski definition) is 3. The summed E-state index contributed by atoms with van der Waals surface area (Å²) >= 11 is 0. The van der Waals surface area contributed by atoms with Gasteiger partial charge in [0.2, 0.25) is 0 Å². The van der Waals surface area contributed by atoms with Crippen LogP contribution in [-0.4, -0.2) is 40.3 Å². The molecule has 0 saturated heterocycles. The van der Waals surface area contributed by atoms with Gasteiger partial charge >= 0.3 is 12.1 Å². The maximum absolute atomic E-state index is 12.2. The maximum atomic E-state index is 12.2. The molecular weight excluding hydrogens is 258 g/mol. The van der Waals surface area contributed by atoms with Crippen LogP contribution in [0.3, 0.4) is 0 Å². The molecule has 0 bridgehead atoms. The molecule has 1 atom stereocenters. The number of carboxylic acid groups (broad SMARTS) is 1. The van der Waals surface area contributed by atoms with Gasteiger partial charge in [-0.1, -0.05) is 19.3 Å². The van der Waals surface area contributed by atoms with Gasteiger partial charge in [0, 0.05) is 6.54 Å². The van der Waals surface area contributed by atoms with Crippen molar-refractivity contribution in [1.29, 1.82) is 0 Å². The lowest BCUT2D eigenvalue weighted by Crippen LogP contribution is -2.48. The van der Waals surface area contributed by atoms with E-state index in [1.54, 1.807) is 20.8 Å². The molecule has 1 rings (SSSR count). The predicted octanol–water partition coefficient (Wildman–Crippen LogP) is 3.28. The molecule has 0 unspecified atom stereocenters. The van der Waals surface area contributed by atoms with Gasteiger partial charge in [-0.3, -0.25) is 4.90 Å². The third-order valence-electron chi connectivity index (χ3n) is 3.63. The van der Waals surface area contributed by atoms with Crippen molar-refractivity contribution in [2.45, 2.75) is 71.4 Å². The largest absolute Gasteiger partial charge is 0.480 e. The minimum absolute atomic E-state index is 0.387. The van der Waals surface area contributed by atoms with Gasteiger partial charge < -0.3 is 9.84 Å². The molecule has 0 spiro atoms. The molecule has 0 aromatic rings. The van der Waals surface area contributed by atoms with Crippen molar-refractivity contribution in [3.8, 4) is 0 Å². The molecule has 5 nitrogen and oxygen atoms in total. The third kappa shape index (κ3) is 5.39. The fourth-order valence-electron chi connectivity index (χ4n) is 2.49. The number of amides is 1. The molecule has 1 N–H and O–H groups in total. The van der Waals surface area contributed by atoms with Crippen LogP contribution in [0, 0.1) is 5.92 Å². The van der Waals surface area contributed by atoms with Crippen molar-refractivity contribution in [3.05, 3.63) is 0 Å². The summed E-state index contributed by atoms with van der Waals surface area (Å²) in [6.07, 6.45) is 5.15. The second-order valence-electron chi connectivity index (χ2n) is 6.65. The highest BCUT2D eigenvalue weighted by atomic mass is 16.6. The van der Waals surface area contributed by atoms with E-state index < -0.39 is 23.7 Å². The topological polar surface area (TPSA) is 66.8 Å². The first kappa shape index (κ1) is 16.8. The van der Waals surface area contributed by atoms with Crippen LogP contribution >= 0.6 is 0 Å². The summed E-state index contributed by atoms with van der Waals surface area (Å²) in [7, 11) is 0. The van der Waals surface area contributed by atoms with Crippen molar-refractivity contribution < 1.29 is 19.4 Å². The number of ether oxygens (including phenoxy) is 1. The number of carbonyl (C=O) groups excluding carboxylic acids is 1. The SMILES string of the molecule is C[C@@H](C(=O)O)N(CC1CCCCC1)C(=O)OC(C)(C)C. The first-order valence-electron chi connectivity index (χ1n) is 7.43. The minimum atomic E-state index is -0.994. The molecule has 1 saturated carbocycles. The highest BCUT2D eigenvalue weighted by Gasteiger charge is 2.31. The fraction of sp³-hybridized carbons (Fsp3) is 0.867. The van der Waals surface area contributed by atoms with Gasteiger partial charge in [-0.15, -0.1) is 0 Å². The van der Waals surface area contributed by atoms with E-state index in [0.717, 1.165) is 25.7 Å². The van der Waals surface area contributed by atoms with E-state index in [1.165, 1.54) is 18.2 Å². The zero-order valence-electron chi connectivity index (χ0n) is 13.0. The van der Waals surface area contributed by atoms with Crippen LogP contribution in [0.1, 0.15) is 59.8 Å². The molecule has 1 aliphatic carbocycles. The molecule has 0 aromatic heterocycles. The Morgan fingerprint density at radius 3 is 2.25 bits per heavy atom. The number of hydrogen-bond donors (Lipinski definition) is 1. The first-order chi connectivity index (χ1) is 9.20. The lowest BCUT2D eigenvalue weighted by Gasteiger charge is -2.33. The van der Waals surface area contributed by atoms with E-state index in [2.05, 4.69) is 0 Å². The second-order valence-corrected chi connectivity index (χ2v) is 6.65. The predicted molar refractivity (Wildman–Crippen MR) is 76.6 cm³/mol. The third-order valence-corrected chi connectivity index (χ3v) is 3.63. The van der Waals surface area contributed by atoms with Gasteiger partial charge in [0.25, 0.3) is 0 Å². The Kier molecular flexibility index (Phi) is 5.84. The van der Waals surface area contributed by atoms with Gasteiger partial charge in [-0.2, -0.15) is 0 Å². The summed E-state index contributed by atoms with van der Waals surface area (Å²) in [4.78, 5) is 24.8. The summed E-state index contributed by atoms with van der Waals surface area (Å²) in [5, 5.41) is 9.18. The van der Waals surface area contributed by atoms with Gasteiger partial charge in [0.1, 0.15) is 11.6 Å². The van der Waals surface area contributed by atoms with Crippen LogP contribution in [-0.2, 0) is 9.53 Å². The molecule has 20 heavy (non-hydrogen) atoms. The second kappa shape index (κ2) is 6.95. The number of carboxylic acids is 1. The summed E-state index contributed by atoms with van der Waals surface area (Å²) in [5.74, 6) is -0.607. The molecule has 5 heteroatoms. The zero-order chi connectivity index (χ0) is 15.3. The smallest absolute Gasteiger partial charge is 0.411 e. The van der Waals surface area contributed by atoms with Crippen LogP contribution in [0.4, 0.5) is 4.79 Å². The van der Waals surface area contributed by atoms with Gasteiger partial charge in [-0.25, -0.2) is 9.59 Å². The van der Waals surface area contributed by atoms with E-state index in [0.29, 0.717) is 12.5 Å². The average Bonchev–Trinajstić information content (AvgIpc) is 2.34. The minimum Gasteiger partial charge on any atom is -0.480 e. The van der Waals surface area contributed by atoms with E-state index >= 15 is 0 Å². The Hall–Kier alpha value is -1.26. The highest BCUT2D eigenvalue weighted by molar-refractivity contribution is 5.79. The highest BCUT2D eigenvalue weighted by Crippen LogP contribution is 2.25. The lowest BCUT2D eigenvalue weighted by molar-refractivity contribution is -0.142. The molecule has 1 fully saturated rings. The number of aliphatic carboxylic acids is 1. The van der Waals surface area contributed by atoms with Crippen molar-refractivity contribution in [3.63, 3.8) is 0 Å². The molecule has 0 aliphatic heterocycles. The average molecular weight is 285 g/mol. The number of nitrogens with zero attached hydrogens (tertiary/aromatic N) is 1. The Balaban J connectivity index is 2.73. The number of rotatable bonds is 4. The molecule has 1 amide bonds. The summed E-state index contributed by atoms with van der Waals surface area (Å²) in [6.45, 7) is 7.37. The van der Waals surface area contributed by atoms with E-state index in [-0.39, 0.29) is 0 Å². The quantitative estimate of drug-likeness (QED) is 0.860. The van der Waals surface area contributed by atoms with Crippen LogP contribution in [0.25, 0.3) is 0 Å². The van der Waals surface area contributed by atoms with Crippen molar-refractivity contribution in [2.75, 3.05) is 6.54 Å². The zero-order valence-corrected chi connectivity index (χ0v) is 13.0. The molecule has 0 radical (unpaired) electrons. The molecule has 0 heterocycles. The monoisotopic (exact) mass is 285 g/mol. The first-order valence-corrected chi connectivity index (χ1v) is 7.43. The maximum Gasteiger partial charge on any atom is 0.411 e. The normalized spacial score (nSPS) is 18.4. The molecule has 1 aliphatic rings. The van der Waals surface area contributed by atoms with Crippen LogP contribution < -0.4 is 0 Å². The Morgan fingerprint density at radius 1 is 1.25 bits per heavy atom. The fourth-order valence-corrected chi connectivity index (χ4v) is 2.49. The Labute approximate surface area is 121 Å². The van der Waals surface area contributed by atoms with E-state index in [9.17, 15) is 14.7 Å². The van der Waals surface area contributed by atoms with Gasteiger partial charge in [0.15, 0.2) is 0 Å². The summed E-state index contributed by atoms with van der Waals surface area (Å²) < 4.78 is 5.34. The van der Waals surface area contributed by atoms with Gasteiger partial charge in [-0.05, 0) is 46.5 Å². The van der Waals surface area contributed by atoms with E-state index in [4.69, 9.17) is 4.74 Å². The molecule has 116 valence electrons. The standard InChI is InChI=1S/C15H27NO4/c1-11(13(17)18)16(14(19)20-15(2,3)4)10-12-8-6-5-7-9-12/h11-12H,5-10H2,1-4H3,(H,17,18)/t11-/m0/s1. The van der Waals surface area contributed by atoms with Crippen molar-refractivity contribution >= 4 is 12.1 Å². The summed E-state index contributed by atoms with van der Waals surface area (Å²) in [6, 6.07) is -0.855. The van der Waals surface area contributed by atoms with Crippen molar-refractivity contribution in [2.24, 2.45) is 5.92 Å². The lowest BCUT2D eigenvalue weighted by atomic mass is 9.89. The van der Waals surface area contributed by atoms with Crippen LogP contribution in [0.15, 0.2) is 0 Å². The van der Waals surface area contributed by atoms with E-state index in [1.807, 2.05) is 0 Å². The summed E-state index contributed by atoms with van der Waals surface area (Å²) in [5.41, 5.74) is -0.611. The number of carbonyl (C=O) groups is 2. The van der Waals surface area contributed by atoms with Crippen molar-refractivity contribution in [1.82, 2.24) is 4.90 Å². The van der Waals surface area contributed by atoms with Crippen LogP contribution in [0.2, 0.25) is 0 Å². The van der Waals surface area contributed by atoms with Gasteiger partial charge in [0.05, 0.1) is 0 Å².